The Hall–Kier alpha value is -1.85. The zero-order valence-corrected chi connectivity index (χ0v) is 8.52. The van der Waals surface area contributed by atoms with Crippen molar-refractivity contribution in [1.29, 1.82) is 0 Å². The van der Waals surface area contributed by atoms with Crippen molar-refractivity contribution < 1.29 is 28.6 Å². The topological polar surface area (TPSA) is 78.9 Å². The Morgan fingerprint density at radius 3 is 2.20 bits per heavy atom. The van der Waals surface area contributed by atoms with E-state index in [-0.39, 0.29) is 6.61 Å². The molecule has 0 rings (SSSR count). The molecule has 0 aromatic heterocycles. The largest absolute Gasteiger partial charge is 0.466 e. The molecule has 0 N–H and O–H groups in total. The minimum atomic E-state index is -0.812. The van der Waals surface area contributed by atoms with E-state index in [9.17, 15) is 14.4 Å². The van der Waals surface area contributed by atoms with Crippen molar-refractivity contribution in [3.63, 3.8) is 0 Å². The van der Waals surface area contributed by atoms with Crippen LogP contribution in [-0.4, -0.2) is 38.2 Å². The van der Waals surface area contributed by atoms with Crippen LogP contribution in [0.2, 0.25) is 0 Å². The van der Waals surface area contributed by atoms with Gasteiger partial charge in [0, 0.05) is 12.2 Å². The van der Waals surface area contributed by atoms with Crippen LogP contribution in [0.4, 0.5) is 0 Å². The van der Waals surface area contributed by atoms with Gasteiger partial charge in [0.25, 0.3) is 0 Å². The van der Waals surface area contributed by atoms with Gasteiger partial charge in [0.15, 0.2) is 6.61 Å². The van der Waals surface area contributed by atoms with Gasteiger partial charge in [-0.25, -0.2) is 14.4 Å². The fourth-order valence-corrected chi connectivity index (χ4v) is 0.585. The Balaban J connectivity index is 3.80. The molecule has 84 valence electrons. The molecule has 0 atom stereocenters. The van der Waals surface area contributed by atoms with Crippen LogP contribution in [0.1, 0.15) is 6.92 Å². The van der Waals surface area contributed by atoms with E-state index in [0.29, 0.717) is 0 Å². The molecule has 0 aliphatic carbocycles. The number of ether oxygens (including phenoxy) is 3. The summed E-state index contributed by atoms with van der Waals surface area (Å²) in [4.78, 5) is 32.1. The number of hydrogen-bond acceptors (Lipinski definition) is 6. The van der Waals surface area contributed by atoms with E-state index < -0.39 is 24.5 Å². The van der Waals surface area contributed by atoms with Crippen molar-refractivity contribution in [1.82, 2.24) is 0 Å². The molecule has 0 spiro atoms. The van der Waals surface area contributed by atoms with Gasteiger partial charge < -0.3 is 14.2 Å². The predicted octanol–water partition coefficient (Wildman–Crippen LogP) is -0.178. The molecule has 6 nitrogen and oxygen atoms in total. The van der Waals surface area contributed by atoms with Crippen molar-refractivity contribution in [3.8, 4) is 0 Å². The zero-order valence-electron chi connectivity index (χ0n) is 8.52. The summed E-state index contributed by atoms with van der Waals surface area (Å²) in [5, 5.41) is 0. The average molecular weight is 216 g/mol. The van der Waals surface area contributed by atoms with Gasteiger partial charge >= 0.3 is 17.9 Å². The summed E-state index contributed by atoms with van der Waals surface area (Å²) in [6.45, 7) is 1.38. The van der Waals surface area contributed by atoms with Crippen molar-refractivity contribution in [3.05, 3.63) is 12.2 Å². The molecule has 15 heavy (non-hydrogen) atoms. The summed E-state index contributed by atoms with van der Waals surface area (Å²) in [7, 11) is 1.18. The SMILES string of the molecule is CCOC(=O)COC(=O)/C=C\C(=O)OC. The molecular weight excluding hydrogens is 204 g/mol. The van der Waals surface area contributed by atoms with Crippen LogP contribution in [0.15, 0.2) is 12.2 Å². The molecule has 0 saturated carbocycles. The first-order valence-corrected chi connectivity index (χ1v) is 4.18. The van der Waals surface area contributed by atoms with Crippen LogP contribution in [0, 0.1) is 0 Å². The van der Waals surface area contributed by atoms with Crippen molar-refractivity contribution in [2.75, 3.05) is 20.3 Å². The molecule has 0 aromatic carbocycles. The second-order valence-corrected chi connectivity index (χ2v) is 2.27. The van der Waals surface area contributed by atoms with E-state index in [1.54, 1.807) is 6.92 Å². The molecule has 0 saturated heterocycles. The lowest BCUT2D eigenvalue weighted by Crippen LogP contribution is -2.15. The number of rotatable bonds is 5. The van der Waals surface area contributed by atoms with Gasteiger partial charge in [0.05, 0.1) is 13.7 Å². The number of carbonyl (C=O) groups is 3. The highest BCUT2D eigenvalue weighted by Crippen LogP contribution is 1.86. The first kappa shape index (κ1) is 13.2. The van der Waals surface area contributed by atoms with Crippen LogP contribution in [0.25, 0.3) is 0 Å². The van der Waals surface area contributed by atoms with Gasteiger partial charge in [-0.15, -0.1) is 0 Å². The Labute approximate surface area is 86.8 Å². The summed E-state index contributed by atoms with van der Waals surface area (Å²) in [5.41, 5.74) is 0. The van der Waals surface area contributed by atoms with Crippen LogP contribution >= 0.6 is 0 Å². The normalized spacial score (nSPS) is 9.73. The van der Waals surface area contributed by atoms with Gasteiger partial charge in [0.2, 0.25) is 0 Å². The van der Waals surface area contributed by atoms with Gasteiger partial charge in [-0.1, -0.05) is 0 Å². The molecule has 0 aliphatic rings. The number of hydrogen-bond donors (Lipinski definition) is 0. The average Bonchev–Trinajstić information content (AvgIpc) is 2.23. The molecule has 0 aliphatic heterocycles. The highest BCUT2D eigenvalue weighted by atomic mass is 16.6. The lowest BCUT2D eigenvalue weighted by Gasteiger charge is -2.01. The van der Waals surface area contributed by atoms with Crippen LogP contribution in [0.5, 0.6) is 0 Å². The van der Waals surface area contributed by atoms with Crippen LogP contribution in [-0.2, 0) is 28.6 Å². The Bertz CT molecular complexity index is 268. The maximum Gasteiger partial charge on any atom is 0.344 e. The summed E-state index contributed by atoms with van der Waals surface area (Å²) in [6.07, 6.45) is 1.76. The highest BCUT2D eigenvalue weighted by Gasteiger charge is 2.05. The molecule has 0 radical (unpaired) electrons. The third-order valence-electron chi connectivity index (χ3n) is 1.19. The second kappa shape index (κ2) is 7.54. The Kier molecular flexibility index (Phi) is 6.61. The molecule has 0 amide bonds. The van der Waals surface area contributed by atoms with Gasteiger partial charge in [-0.2, -0.15) is 0 Å². The smallest absolute Gasteiger partial charge is 0.344 e. The fourth-order valence-electron chi connectivity index (χ4n) is 0.585. The standard InChI is InChI=1S/C9H12O6/c1-3-14-9(12)6-15-8(11)5-4-7(10)13-2/h4-5H,3,6H2,1-2H3/b5-4-. The maximum absolute atomic E-state index is 10.8. The third kappa shape index (κ3) is 7.24. The fraction of sp³-hybridized carbons (Fsp3) is 0.444. The Morgan fingerprint density at radius 1 is 1.07 bits per heavy atom. The summed E-state index contributed by atoms with van der Waals surface area (Å²) >= 11 is 0. The molecule has 0 fully saturated rings. The second-order valence-electron chi connectivity index (χ2n) is 2.27. The number of esters is 3. The first-order valence-electron chi connectivity index (χ1n) is 4.18. The van der Waals surface area contributed by atoms with Crippen LogP contribution < -0.4 is 0 Å². The number of methoxy groups -OCH3 is 1. The number of carbonyl (C=O) groups excluding carboxylic acids is 3. The molecule has 0 aromatic rings. The summed E-state index contributed by atoms with van der Waals surface area (Å²) in [5.74, 6) is -2.13. The van der Waals surface area contributed by atoms with Crippen molar-refractivity contribution in [2.45, 2.75) is 6.92 Å². The van der Waals surface area contributed by atoms with E-state index in [1.165, 1.54) is 7.11 Å². The quantitative estimate of drug-likeness (QED) is 0.360. The third-order valence-corrected chi connectivity index (χ3v) is 1.19. The van der Waals surface area contributed by atoms with Gasteiger partial charge in [0.1, 0.15) is 0 Å². The first-order chi connectivity index (χ1) is 7.10. The molecule has 6 heteroatoms. The lowest BCUT2D eigenvalue weighted by molar-refractivity contribution is -0.155. The van der Waals surface area contributed by atoms with E-state index in [4.69, 9.17) is 0 Å². The highest BCUT2D eigenvalue weighted by molar-refractivity contribution is 5.92. The summed E-state index contributed by atoms with van der Waals surface area (Å²) < 4.78 is 13.2. The zero-order chi connectivity index (χ0) is 11.7. The maximum atomic E-state index is 10.8. The van der Waals surface area contributed by atoms with E-state index in [2.05, 4.69) is 14.2 Å². The van der Waals surface area contributed by atoms with E-state index in [0.717, 1.165) is 12.2 Å². The van der Waals surface area contributed by atoms with E-state index >= 15 is 0 Å². The minimum absolute atomic E-state index is 0.217. The van der Waals surface area contributed by atoms with Gasteiger partial charge in [-0.3, -0.25) is 0 Å². The van der Waals surface area contributed by atoms with Crippen molar-refractivity contribution >= 4 is 17.9 Å². The Morgan fingerprint density at radius 2 is 1.67 bits per heavy atom. The van der Waals surface area contributed by atoms with Gasteiger partial charge in [-0.05, 0) is 6.92 Å². The van der Waals surface area contributed by atoms with Crippen LogP contribution in [0.3, 0.4) is 0 Å². The molecule has 0 unspecified atom stereocenters. The minimum Gasteiger partial charge on any atom is -0.466 e. The lowest BCUT2D eigenvalue weighted by atomic mass is 10.5. The van der Waals surface area contributed by atoms with E-state index in [1.807, 2.05) is 0 Å². The monoisotopic (exact) mass is 216 g/mol. The molecule has 0 bridgehead atoms. The molecule has 0 heterocycles. The van der Waals surface area contributed by atoms with Crippen molar-refractivity contribution in [2.24, 2.45) is 0 Å². The molecular formula is C9H12O6. The summed E-state index contributed by atoms with van der Waals surface area (Å²) in [6, 6.07) is 0. The predicted molar refractivity (Wildman–Crippen MR) is 48.7 cm³/mol.